The van der Waals surface area contributed by atoms with Crippen molar-refractivity contribution in [1.82, 2.24) is 4.57 Å². The van der Waals surface area contributed by atoms with E-state index in [0.717, 1.165) is 23.2 Å². The molecule has 4 saturated carbocycles. The Hall–Kier alpha value is -7.42. The summed E-state index contributed by atoms with van der Waals surface area (Å²) in [5.41, 5.74) is 23.4. The van der Waals surface area contributed by atoms with Crippen LogP contribution in [0.15, 0.2) is 206 Å². The smallest absolute Gasteiger partial charge is 0.0561 e. The zero-order chi connectivity index (χ0) is 43.1. The molecular weight excluding hydrogens is 797 g/mol. The van der Waals surface area contributed by atoms with E-state index in [1.807, 2.05) is 0 Å². The van der Waals surface area contributed by atoms with Gasteiger partial charge in [0.1, 0.15) is 0 Å². The Bertz CT molecular complexity index is 3590. The van der Waals surface area contributed by atoms with E-state index in [1.165, 1.54) is 121 Å². The summed E-state index contributed by atoms with van der Waals surface area (Å²) < 4.78 is 2.46. The molecule has 4 bridgehead atoms. The Morgan fingerprint density at radius 1 is 0.333 bits per heavy atom. The maximum absolute atomic E-state index is 2.66. The lowest BCUT2D eigenvalue weighted by molar-refractivity contribution is -0.0399. The van der Waals surface area contributed by atoms with Crippen LogP contribution in [-0.2, 0) is 5.41 Å². The molecule has 1 aromatic heterocycles. The van der Waals surface area contributed by atoms with Crippen molar-refractivity contribution >= 4 is 38.9 Å². The molecule has 10 aromatic rings. The molecule has 0 radical (unpaired) electrons. The number of aromatic nitrogens is 1. The van der Waals surface area contributed by atoms with Gasteiger partial charge in [-0.2, -0.15) is 0 Å². The highest BCUT2D eigenvalue weighted by Crippen LogP contribution is 2.69. The first kappa shape index (κ1) is 36.9. The second-order valence-corrected chi connectivity index (χ2v) is 20.0. The van der Waals surface area contributed by atoms with Gasteiger partial charge in [0.15, 0.2) is 0 Å². The highest BCUT2D eigenvalue weighted by atomic mass is 15.1. The van der Waals surface area contributed by atoms with Gasteiger partial charge in [0.05, 0.1) is 11.0 Å². The number of anilines is 3. The highest BCUT2D eigenvalue weighted by Gasteiger charge is 2.61. The lowest BCUT2D eigenvalue weighted by atomic mass is 9.43. The molecule has 9 aromatic carbocycles. The third-order valence-electron chi connectivity index (χ3n) is 16.9. The zero-order valence-electron chi connectivity index (χ0n) is 36.9. The third kappa shape index (κ3) is 5.02. The summed E-state index contributed by atoms with van der Waals surface area (Å²) in [5, 5.41) is 2.53. The lowest BCUT2D eigenvalue weighted by Gasteiger charge is -2.61. The average Bonchev–Trinajstić information content (AvgIpc) is 3.85. The molecule has 4 fully saturated rings. The van der Waals surface area contributed by atoms with Gasteiger partial charge in [-0.15, -0.1) is 0 Å². The van der Waals surface area contributed by atoms with E-state index in [4.69, 9.17) is 0 Å². The second-order valence-electron chi connectivity index (χ2n) is 20.0. The summed E-state index contributed by atoms with van der Waals surface area (Å²) in [6.07, 6.45) is 6.91. The van der Waals surface area contributed by atoms with Crippen molar-refractivity contribution in [2.45, 2.75) is 37.5 Å². The van der Waals surface area contributed by atoms with E-state index in [2.05, 4.69) is 216 Å². The fraction of sp³-hybridized carbons (Fsp3) is 0.156. The molecule has 0 unspecified atom stereocenters. The van der Waals surface area contributed by atoms with Gasteiger partial charge in [-0.3, -0.25) is 0 Å². The van der Waals surface area contributed by atoms with Gasteiger partial charge in [0.25, 0.3) is 0 Å². The van der Waals surface area contributed by atoms with Crippen LogP contribution >= 0.6 is 0 Å². The van der Waals surface area contributed by atoms with Crippen LogP contribution < -0.4 is 4.90 Å². The Labute approximate surface area is 386 Å². The van der Waals surface area contributed by atoms with Gasteiger partial charge in [-0.05, 0) is 177 Å². The Morgan fingerprint density at radius 3 is 1.44 bits per heavy atom. The molecule has 2 nitrogen and oxygen atoms in total. The van der Waals surface area contributed by atoms with Crippen LogP contribution in [0.5, 0.6) is 0 Å². The maximum atomic E-state index is 2.66. The molecule has 0 aliphatic heterocycles. The number of hydrogen-bond donors (Lipinski definition) is 0. The van der Waals surface area contributed by atoms with Gasteiger partial charge in [0.2, 0.25) is 0 Å². The highest BCUT2D eigenvalue weighted by molar-refractivity contribution is 6.11. The van der Waals surface area contributed by atoms with E-state index in [9.17, 15) is 0 Å². The Kier molecular flexibility index (Phi) is 7.71. The van der Waals surface area contributed by atoms with Crippen molar-refractivity contribution in [3.05, 3.63) is 217 Å². The molecule has 0 N–H and O–H groups in total. The molecule has 1 spiro atoms. The van der Waals surface area contributed by atoms with Crippen LogP contribution in [0.2, 0.25) is 0 Å². The van der Waals surface area contributed by atoms with Gasteiger partial charge in [0, 0.05) is 38.9 Å². The molecule has 0 atom stereocenters. The number of nitrogens with zero attached hydrogens (tertiary/aromatic N) is 2. The predicted octanol–water partition coefficient (Wildman–Crippen LogP) is 17.0. The topological polar surface area (TPSA) is 8.17 Å². The lowest BCUT2D eigenvalue weighted by Crippen LogP contribution is -2.55. The van der Waals surface area contributed by atoms with E-state index in [1.54, 1.807) is 11.1 Å². The summed E-state index contributed by atoms with van der Waals surface area (Å²) in [6, 6.07) is 78.4. The predicted molar refractivity (Wildman–Crippen MR) is 274 cm³/mol. The fourth-order valence-corrected chi connectivity index (χ4v) is 14.7. The monoisotopic (exact) mass is 844 g/mol. The van der Waals surface area contributed by atoms with Crippen molar-refractivity contribution in [2.75, 3.05) is 4.90 Å². The molecule has 0 saturated heterocycles. The minimum absolute atomic E-state index is 0.0623. The standard InChI is InChI=1S/C64H48N2/c1-2-14-44(15-3-1)66-62-25-13-11-23-57(62)58-31-28-47(39-63(58)66)65(46-27-30-56-55-22-10-12-24-60(55)64(61(56)38-46)42-33-40-32-41(35-42)36-43(64)34-40)45-26-29-54-52-20-7-6-18-50(52)48-16-4-5-17-49(48)51-19-8-9-21-53(51)59(54)37-45/h1-31,37-43H,32-36H2. The number of benzene rings is 9. The number of para-hydroxylation sites is 2. The van der Waals surface area contributed by atoms with Crippen LogP contribution in [0, 0.1) is 23.7 Å². The molecule has 66 heavy (non-hydrogen) atoms. The molecular formula is C64H48N2. The van der Waals surface area contributed by atoms with Crippen LogP contribution in [0.3, 0.4) is 0 Å². The van der Waals surface area contributed by atoms with E-state index < -0.39 is 0 Å². The van der Waals surface area contributed by atoms with E-state index in [0.29, 0.717) is 11.8 Å². The second kappa shape index (κ2) is 13.8. The van der Waals surface area contributed by atoms with Crippen molar-refractivity contribution in [1.29, 1.82) is 0 Å². The van der Waals surface area contributed by atoms with E-state index in [-0.39, 0.29) is 5.41 Å². The normalized spacial score (nSPS) is 21.4. The number of rotatable bonds is 4. The van der Waals surface area contributed by atoms with Crippen LogP contribution in [0.4, 0.5) is 17.1 Å². The largest absolute Gasteiger partial charge is 0.310 e. The number of hydrogen-bond acceptors (Lipinski definition) is 1. The summed E-state index contributed by atoms with van der Waals surface area (Å²) in [4.78, 5) is 2.58. The van der Waals surface area contributed by atoms with Crippen LogP contribution in [-0.4, -0.2) is 4.57 Å². The SMILES string of the molecule is c1ccc(-n2c3ccccc3c3ccc(N(c4ccc5c(c4)-c4ccccc4-c4ccccc4-c4ccccc4-5)c4ccc5c(c4)C4(c6ccccc6-5)C5CC6CC(C5)CC4C6)cc32)cc1. The minimum Gasteiger partial charge on any atom is -0.310 e. The number of fused-ring (bicyclic) bond motifs is 14. The quantitative estimate of drug-likeness (QED) is 0.171. The van der Waals surface area contributed by atoms with Crippen LogP contribution in [0.25, 0.3) is 83.1 Å². The molecule has 16 rings (SSSR count). The van der Waals surface area contributed by atoms with E-state index >= 15 is 0 Å². The Morgan fingerprint density at radius 2 is 0.788 bits per heavy atom. The van der Waals surface area contributed by atoms with Crippen molar-refractivity contribution in [2.24, 2.45) is 23.7 Å². The van der Waals surface area contributed by atoms with Crippen molar-refractivity contribution in [3.8, 4) is 61.3 Å². The molecule has 6 aliphatic rings. The van der Waals surface area contributed by atoms with Gasteiger partial charge in [-0.25, -0.2) is 0 Å². The summed E-state index contributed by atoms with van der Waals surface area (Å²) in [7, 11) is 0. The molecule has 2 heteroatoms. The first-order valence-corrected chi connectivity index (χ1v) is 24.3. The molecule has 6 aliphatic carbocycles. The third-order valence-corrected chi connectivity index (χ3v) is 16.9. The Balaban J connectivity index is 1.00. The van der Waals surface area contributed by atoms with Gasteiger partial charge in [-0.1, -0.05) is 152 Å². The average molecular weight is 845 g/mol. The first-order chi connectivity index (χ1) is 32.7. The maximum Gasteiger partial charge on any atom is 0.0561 e. The first-order valence-electron chi connectivity index (χ1n) is 24.3. The van der Waals surface area contributed by atoms with Crippen LogP contribution in [0.1, 0.15) is 43.2 Å². The molecule has 1 heterocycles. The summed E-state index contributed by atoms with van der Waals surface area (Å²) in [6.45, 7) is 0. The summed E-state index contributed by atoms with van der Waals surface area (Å²) >= 11 is 0. The minimum atomic E-state index is 0.0623. The molecule has 314 valence electrons. The van der Waals surface area contributed by atoms with Crippen molar-refractivity contribution < 1.29 is 0 Å². The molecule has 0 amide bonds. The summed E-state index contributed by atoms with van der Waals surface area (Å²) in [5.74, 6) is 3.16. The fourth-order valence-electron chi connectivity index (χ4n) is 14.7. The van der Waals surface area contributed by atoms with Crippen molar-refractivity contribution in [3.63, 3.8) is 0 Å². The zero-order valence-corrected chi connectivity index (χ0v) is 36.9. The van der Waals surface area contributed by atoms with Gasteiger partial charge >= 0.3 is 0 Å². The van der Waals surface area contributed by atoms with Gasteiger partial charge < -0.3 is 9.47 Å².